The summed E-state index contributed by atoms with van der Waals surface area (Å²) in [6.07, 6.45) is 0. The number of hydrogen-bond acceptors (Lipinski definition) is 6. The molecule has 0 aliphatic heterocycles. The van der Waals surface area contributed by atoms with Gasteiger partial charge in [0, 0.05) is 12.6 Å². The van der Waals surface area contributed by atoms with Gasteiger partial charge >= 0.3 is 0 Å². The summed E-state index contributed by atoms with van der Waals surface area (Å²) in [5.41, 5.74) is 0.566. The summed E-state index contributed by atoms with van der Waals surface area (Å²) in [6.45, 7) is 1.39. The van der Waals surface area contributed by atoms with Gasteiger partial charge in [-0.2, -0.15) is 0 Å². The molecule has 2 aromatic rings. The van der Waals surface area contributed by atoms with Gasteiger partial charge in [0.25, 0.3) is 0 Å². The van der Waals surface area contributed by atoms with Gasteiger partial charge in [-0.15, -0.1) is 10.2 Å². The van der Waals surface area contributed by atoms with E-state index in [1.165, 1.54) is 30.0 Å². The summed E-state index contributed by atoms with van der Waals surface area (Å²) < 4.78 is 0.591. The predicted molar refractivity (Wildman–Crippen MR) is 90.0 cm³/mol. The maximum Gasteiger partial charge on any atom is 0.234 e. The highest BCUT2D eigenvalue weighted by molar-refractivity contribution is 8.01. The van der Waals surface area contributed by atoms with Crippen molar-refractivity contribution in [2.75, 3.05) is 16.4 Å². The second kappa shape index (κ2) is 7.77. The first-order chi connectivity index (χ1) is 10.4. The summed E-state index contributed by atoms with van der Waals surface area (Å²) >= 11 is 14.1. The molecule has 2 rings (SSSR count). The van der Waals surface area contributed by atoms with E-state index in [1.807, 2.05) is 0 Å². The fourth-order valence-corrected chi connectivity index (χ4v) is 3.26. The zero-order valence-electron chi connectivity index (χ0n) is 11.2. The number of aromatic nitrogens is 2. The lowest BCUT2D eigenvalue weighted by Crippen LogP contribution is -2.13. The Labute approximate surface area is 144 Å². The Bertz CT molecular complexity index is 708. The SMILES string of the molecule is CC(=O)Nc1nnc(SCC(=O)Nc2ccc(Cl)c(Cl)c2)s1. The highest BCUT2D eigenvalue weighted by Crippen LogP contribution is 2.27. The third-order valence-corrected chi connectivity index (χ3v) is 4.93. The van der Waals surface area contributed by atoms with E-state index < -0.39 is 0 Å². The van der Waals surface area contributed by atoms with Crippen LogP contribution in [0.2, 0.25) is 10.0 Å². The van der Waals surface area contributed by atoms with Crippen LogP contribution < -0.4 is 10.6 Å². The predicted octanol–water partition coefficient (Wildman–Crippen LogP) is 3.53. The molecule has 0 spiro atoms. The Morgan fingerprint density at radius 1 is 1.23 bits per heavy atom. The van der Waals surface area contributed by atoms with Gasteiger partial charge in [-0.3, -0.25) is 9.59 Å². The molecule has 0 fully saturated rings. The number of thioether (sulfide) groups is 1. The summed E-state index contributed by atoms with van der Waals surface area (Å²) in [4.78, 5) is 22.7. The lowest BCUT2D eigenvalue weighted by atomic mass is 10.3. The molecule has 1 heterocycles. The van der Waals surface area contributed by atoms with Crippen LogP contribution in [0.25, 0.3) is 0 Å². The largest absolute Gasteiger partial charge is 0.325 e. The van der Waals surface area contributed by atoms with Crippen molar-refractivity contribution in [3.05, 3.63) is 28.2 Å². The Hall–Kier alpha value is -1.35. The van der Waals surface area contributed by atoms with Crippen LogP contribution in [0.5, 0.6) is 0 Å². The molecule has 0 radical (unpaired) electrons. The molecule has 0 saturated carbocycles. The molecule has 2 N–H and O–H groups in total. The van der Waals surface area contributed by atoms with E-state index in [4.69, 9.17) is 23.2 Å². The minimum absolute atomic E-state index is 0.162. The van der Waals surface area contributed by atoms with Crippen LogP contribution in [0.15, 0.2) is 22.5 Å². The van der Waals surface area contributed by atoms with Gasteiger partial charge in [0.1, 0.15) is 0 Å². The minimum atomic E-state index is -0.218. The molecule has 0 atom stereocenters. The van der Waals surface area contributed by atoms with E-state index in [1.54, 1.807) is 18.2 Å². The van der Waals surface area contributed by atoms with E-state index in [-0.39, 0.29) is 17.6 Å². The second-order valence-electron chi connectivity index (χ2n) is 4.02. The molecule has 0 bridgehead atoms. The molecule has 0 aliphatic rings. The molecule has 2 amide bonds. The van der Waals surface area contributed by atoms with Gasteiger partial charge in [-0.25, -0.2) is 0 Å². The van der Waals surface area contributed by atoms with E-state index in [9.17, 15) is 9.59 Å². The number of anilines is 2. The Morgan fingerprint density at radius 2 is 2.00 bits per heavy atom. The molecule has 1 aromatic carbocycles. The number of nitrogens with one attached hydrogen (secondary N) is 2. The van der Waals surface area contributed by atoms with Gasteiger partial charge in [0.2, 0.25) is 16.9 Å². The van der Waals surface area contributed by atoms with Crippen molar-refractivity contribution in [1.29, 1.82) is 0 Å². The van der Waals surface area contributed by atoms with Crippen molar-refractivity contribution in [3.63, 3.8) is 0 Å². The smallest absolute Gasteiger partial charge is 0.234 e. The topological polar surface area (TPSA) is 84.0 Å². The Kier molecular flexibility index (Phi) is 6.01. The van der Waals surface area contributed by atoms with Crippen molar-refractivity contribution in [2.24, 2.45) is 0 Å². The highest BCUT2D eigenvalue weighted by Gasteiger charge is 2.09. The number of benzene rings is 1. The highest BCUT2D eigenvalue weighted by atomic mass is 35.5. The van der Waals surface area contributed by atoms with Gasteiger partial charge in [0.15, 0.2) is 4.34 Å². The van der Waals surface area contributed by atoms with E-state index in [0.29, 0.717) is 25.2 Å². The normalized spacial score (nSPS) is 10.3. The van der Waals surface area contributed by atoms with E-state index in [0.717, 1.165) is 0 Å². The standard InChI is InChI=1S/C12H10Cl2N4O2S2/c1-6(19)15-11-17-18-12(22-11)21-5-10(20)16-7-2-3-8(13)9(14)4-7/h2-4H,5H2,1H3,(H,16,20)(H,15,17,19). The van der Waals surface area contributed by atoms with Crippen LogP contribution in [0.4, 0.5) is 10.8 Å². The average Bonchev–Trinajstić information content (AvgIpc) is 2.87. The molecule has 10 heteroatoms. The zero-order chi connectivity index (χ0) is 16.1. The molecular formula is C12H10Cl2N4O2S2. The molecule has 6 nitrogen and oxygen atoms in total. The van der Waals surface area contributed by atoms with Gasteiger partial charge in [-0.05, 0) is 18.2 Å². The molecular weight excluding hydrogens is 367 g/mol. The first-order valence-electron chi connectivity index (χ1n) is 5.93. The first-order valence-corrected chi connectivity index (χ1v) is 8.48. The summed E-state index contributed by atoms with van der Waals surface area (Å²) in [7, 11) is 0. The van der Waals surface area contributed by atoms with Gasteiger partial charge in [-0.1, -0.05) is 46.3 Å². The molecule has 0 aliphatic carbocycles. The van der Waals surface area contributed by atoms with Gasteiger partial charge in [0.05, 0.1) is 15.8 Å². The van der Waals surface area contributed by atoms with Crippen molar-refractivity contribution in [2.45, 2.75) is 11.3 Å². The minimum Gasteiger partial charge on any atom is -0.325 e. The molecule has 1 aromatic heterocycles. The van der Waals surface area contributed by atoms with Crippen LogP contribution >= 0.6 is 46.3 Å². The van der Waals surface area contributed by atoms with E-state index >= 15 is 0 Å². The van der Waals surface area contributed by atoms with Crippen LogP contribution in [-0.2, 0) is 9.59 Å². The monoisotopic (exact) mass is 376 g/mol. The first kappa shape index (κ1) is 17.0. The Balaban J connectivity index is 1.85. The molecule has 22 heavy (non-hydrogen) atoms. The van der Waals surface area contributed by atoms with E-state index in [2.05, 4.69) is 20.8 Å². The zero-order valence-corrected chi connectivity index (χ0v) is 14.4. The third kappa shape index (κ3) is 5.13. The maximum atomic E-state index is 11.8. The van der Waals surface area contributed by atoms with Crippen LogP contribution in [0.3, 0.4) is 0 Å². The molecule has 116 valence electrons. The number of carbonyl (C=O) groups is 2. The average molecular weight is 377 g/mol. The van der Waals surface area contributed by atoms with Gasteiger partial charge < -0.3 is 10.6 Å². The second-order valence-corrected chi connectivity index (χ2v) is 7.03. The number of nitrogens with zero attached hydrogens (tertiary/aromatic N) is 2. The Morgan fingerprint density at radius 3 is 2.68 bits per heavy atom. The fraction of sp³-hybridized carbons (Fsp3) is 0.167. The third-order valence-electron chi connectivity index (χ3n) is 2.22. The number of amides is 2. The van der Waals surface area contributed by atoms with Crippen molar-refractivity contribution < 1.29 is 9.59 Å². The lowest BCUT2D eigenvalue weighted by molar-refractivity contribution is -0.114. The maximum absolute atomic E-state index is 11.8. The number of hydrogen-bond donors (Lipinski definition) is 2. The van der Waals surface area contributed by atoms with Crippen molar-refractivity contribution >= 4 is 68.9 Å². The fourth-order valence-electron chi connectivity index (χ4n) is 1.37. The molecule has 0 saturated heterocycles. The van der Waals surface area contributed by atoms with Crippen molar-refractivity contribution in [3.8, 4) is 0 Å². The quantitative estimate of drug-likeness (QED) is 0.615. The number of halogens is 2. The summed E-state index contributed by atoms with van der Waals surface area (Å²) in [6, 6.07) is 4.85. The lowest BCUT2D eigenvalue weighted by Gasteiger charge is -2.05. The van der Waals surface area contributed by atoms with Crippen LogP contribution in [-0.4, -0.2) is 27.8 Å². The van der Waals surface area contributed by atoms with Crippen LogP contribution in [0.1, 0.15) is 6.92 Å². The summed E-state index contributed by atoms with van der Waals surface area (Å²) in [5, 5.41) is 14.1. The molecule has 0 unspecified atom stereocenters. The van der Waals surface area contributed by atoms with Crippen LogP contribution in [0, 0.1) is 0 Å². The summed E-state index contributed by atoms with van der Waals surface area (Å²) in [5.74, 6) is -0.265. The number of rotatable bonds is 5. The van der Waals surface area contributed by atoms with Crippen molar-refractivity contribution in [1.82, 2.24) is 10.2 Å². The number of carbonyl (C=O) groups excluding carboxylic acids is 2.